The SMILES string of the molecule is CCCCCCCCN(CCCCCC)SCCCCCCCN(CCCCO)CCCCCCCS. The van der Waals surface area contributed by atoms with Crippen LogP contribution < -0.4 is 0 Å². The van der Waals surface area contributed by atoms with E-state index in [1.807, 2.05) is 0 Å². The fourth-order valence-corrected chi connectivity index (χ4v) is 6.28. The van der Waals surface area contributed by atoms with Crippen LogP contribution in [0.5, 0.6) is 0 Å². The van der Waals surface area contributed by atoms with Crippen molar-refractivity contribution in [2.45, 2.75) is 155 Å². The van der Waals surface area contributed by atoms with Crippen LogP contribution in [0.3, 0.4) is 0 Å². The molecular weight excluding hydrogens is 492 g/mol. The number of rotatable bonds is 32. The van der Waals surface area contributed by atoms with E-state index in [2.05, 4.69) is 47.6 Å². The topological polar surface area (TPSA) is 26.7 Å². The number of aliphatic hydroxyl groups excluding tert-OH is 1. The van der Waals surface area contributed by atoms with E-state index in [9.17, 15) is 0 Å². The molecule has 0 saturated carbocycles. The predicted molar refractivity (Wildman–Crippen MR) is 174 cm³/mol. The van der Waals surface area contributed by atoms with Crippen molar-refractivity contribution in [3.05, 3.63) is 0 Å². The Labute approximate surface area is 244 Å². The first-order chi connectivity index (χ1) is 18.3. The van der Waals surface area contributed by atoms with Gasteiger partial charge in [0.1, 0.15) is 0 Å². The van der Waals surface area contributed by atoms with Crippen molar-refractivity contribution in [3.63, 3.8) is 0 Å². The summed E-state index contributed by atoms with van der Waals surface area (Å²) in [6, 6.07) is 0. The van der Waals surface area contributed by atoms with Gasteiger partial charge in [-0.2, -0.15) is 12.6 Å². The summed E-state index contributed by atoms with van der Waals surface area (Å²) < 4.78 is 2.71. The maximum atomic E-state index is 9.14. The average Bonchev–Trinajstić information content (AvgIpc) is 2.91. The Bertz CT molecular complexity index is 414. The van der Waals surface area contributed by atoms with Gasteiger partial charge >= 0.3 is 0 Å². The Morgan fingerprint density at radius 1 is 0.486 bits per heavy atom. The zero-order valence-electron chi connectivity index (χ0n) is 25.4. The van der Waals surface area contributed by atoms with Crippen molar-refractivity contribution in [1.82, 2.24) is 9.21 Å². The van der Waals surface area contributed by atoms with Crippen LogP contribution in [0.1, 0.15) is 155 Å². The number of thiol groups is 1. The molecule has 5 heteroatoms. The number of nitrogens with zero attached hydrogens (tertiary/aromatic N) is 2. The number of hydrogen-bond donors (Lipinski definition) is 2. The van der Waals surface area contributed by atoms with Crippen LogP contribution in [-0.4, -0.2) is 65.1 Å². The van der Waals surface area contributed by atoms with Crippen molar-refractivity contribution >= 4 is 24.6 Å². The highest BCUT2D eigenvalue weighted by Crippen LogP contribution is 2.18. The molecule has 0 heterocycles. The number of hydrogen-bond acceptors (Lipinski definition) is 5. The third-order valence-electron chi connectivity index (χ3n) is 7.43. The molecule has 0 spiro atoms. The maximum Gasteiger partial charge on any atom is 0.0431 e. The Balaban J connectivity index is 3.96. The van der Waals surface area contributed by atoms with Gasteiger partial charge in [0.25, 0.3) is 0 Å². The quantitative estimate of drug-likeness (QED) is 0.0486. The normalized spacial score (nSPS) is 11.8. The second kappa shape index (κ2) is 32.8. The monoisotopic (exact) mass is 560 g/mol. The lowest BCUT2D eigenvalue weighted by atomic mass is 10.1. The molecule has 37 heavy (non-hydrogen) atoms. The van der Waals surface area contributed by atoms with Gasteiger partial charge in [0.05, 0.1) is 0 Å². The Morgan fingerprint density at radius 2 is 0.892 bits per heavy atom. The van der Waals surface area contributed by atoms with Gasteiger partial charge in [0.2, 0.25) is 0 Å². The lowest BCUT2D eigenvalue weighted by Crippen LogP contribution is -2.27. The van der Waals surface area contributed by atoms with Crippen LogP contribution in [0.4, 0.5) is 0 Å². The Kier molecular flexibility index (Phi) is 33.3. The molecule has 1 N–H and O–H groups in total. The molecule has 0 aliphatic heterocycles. The summed E-state index contributed by atoms with van der Waals surface area (Å²) >= 11 is 6.46. The lowest BCUT2D eigenvalue weighted by molar-refractivity contribution is 0.234. The second-order valence-electron chi connectivity index (χ2n) is 11.1. The molecule has 0 aliphatic carbocycles. The van der Waals surface area contributed by atoms with Crippen LogP contribution >= 0.6 is 24.6 Å². The van der Waals surface area contributed by atoms with Crippen molar-refractivity contribution in [1.29, 1.82) is 0 Å². The molecule has 224 valence electrons. The van der Waals surface area contributed by atoms with E-state index in [4.69, 9.17) is 5.11 Å². The molecule has 3 nitrogen and oxygen atoms in total. The minimum atomic E-state index is 0.338. The first-order valence-corrected chi connectivity index (χ1v) is 18.2. The van der Waals surface area contributed by atoms with Gasteiger partial charge in [-0.15, -0.1) is 0 Å². The summed E-state index contributed by atoms with van der Waals surface area (Å²) in [6.07, 6.45) is 29.5. The number of unbranched alkanes of at least 4 members (excludes halogenated alkanes) is 17. The van der Waals surface area contributed by atoms with Crippen molar-refractivity contribution in [2.75, 3.05) is 50.8 Å². The van der Waals surface area contributed by atoms with Crippen molar-refractivity contribution in [3.8, 4) is 0 Å². The molecule has 0 fully saturated rings. The zero-order valence-corrected chi connectivity index (χ0v) is 27.1. The molecule has 0 aromatic heterocycles. The molecule has 0 aliphatic rings. The summed E-state index contributed by atoms with van der Waals surface area (Å²) in [6.45, 7) is 11.2. The highest BCUT2D eigenvalue weighted by Gasteiger charge is 2.07. The maximum absolute atomic E-state index is 9.14. The van der Waals surface area contributed by atoms with Crippen LogP contribution in [-0.2, 0) is 0 Å². The zero-order chi connectivity index (χ0) is 27.1. The van der Waals surface area contributed by atoms with Gasteiger partial charge < -0.3 is 10.0 Å². The van der Waals surface area contributed by atoms with Gasteiger partial charge in [-0.25, -0.2) is 0 Å². The fraction of sp³-hybridized carbons (Fsp3) is 1.00. The summed E-state index contributed by atoms with van der Waals surface area (Å²) in [5.41, 5.74) is 0. The molecule has 0 amide bonds. The van der Waals surface area contributed by atoms with E-state index in [1.54, 1.807) is 0 Å². The Hall–Kier alpha value is 0.580. The van der Waals surface area contributed by atoms with Crippen LogP contribution in [0.2, 0.25) is 0 Å². The van der Waals surface area contributed by atoms with Gasteiger partial charge in [-0.3, -0.25) is 4.31 Å². The molecule has 0 unspecified atom stereocenters. The molecule has 0 saturated heterocycles. The van der Waals surface area contributed by atoms with Crippen LogP contribution in [0.15, 0.2) is 0 Å². The van der Waals surface area contributed by atoms with Gasteiger partial charge in [-0.1, -0.05) is 116 Å². The number of aliphatic hydroxyl groups is 1. The predicted octanol–water partition coefficient (Wildman–Crippen LogP) is 9.78. The summed E-state index contributed by atoms with van der Waals surface area (Å²) in [4.78, 5) is 2.67. The van der Waals surface area contributed by atoms with Crippen LogP contribution in [0.25, 0.3) is 0 Å². The minimum Gasteiger partial charge on any atom is -0.396 e. The summed E-state index contributed by atoms with van der Waals surface area (Å²) in [5, 5.41) is 9.14. The summed E-state index contributed by atoms with van der Waals surface area (Å²) in [5.74, 6) is 2.34. The first-order valence-electron chi connectivity index (χ1n) is 16.6. The molecule has 0 aromatic carbocycles. The van der Waals surface area contributed by atoms with E-state index >= 15 is 0 Å². The van der Waals surface area contributed by atoms with Gasteiger partial charge in [0.15, 0.2) is 0 Å². The Morgan fingerprint density at radius 3 is 1.41 bits per heavy atom. The summed E-state index contributed by atoms with van der Waals surface area (Å²) in [7, 11) is 0. The van der Waals surface area contributed by atoms with E-state index in [0.29, 0.717) is 6.61 Å². The molecule has 0 bridgehead atoms. The largest absolute Gasteiger partial charge is 0.396 e. The molecule has 0 rings (SSSR count). The molecular formula is C32H68N2OS2. The lowest BCUT2D eigenvalue weighted by Gasteiger charge is -2.22. The second-order valence-corrected chi connectivity index (χ2v) is 12.8. The minimum absolute atomic E-state index is 0.338. The van der Waals surface area contributed by atoms with E-state index in [-0.39, 0.29) is 0 Å². The van der Waals surface area contributed by atoms with Crippen LogP contribution in [0, 0.1) is 0 Å². The van der Waals surface area contributed by atoms with Crippen molar-refractivity contribution < 1.29 is 5.11 Å². The highest BCUT2D eigenvalue weighted by atomic mass is 32.2. The standard InChI is InChI=1S/C32H68N2OS2/c1-3-5-7-9-14-20-29-34(28-19-8-6-4-2)37-32-24-16-11-13-18-26-33(27-21-22-30-35)25-17-12-10-15-23-31-36/h35-36H,3-32H2,1-2H3. The van der Waals surface area contributed by atoms with Crippen molar-refractivity contribution in [2.24, 2.45) is 0 Å². The molecule has 0 aromatic rings. The third-order valence-corrected chi connectivity index (χ3v) is 8.95. The smallest absolute Gasteiger partial charge is 0.0431 e. The molecule has 0 atom stereocenters. The van der Waals surface area contributed by atoms with E-state index in [1.165, 1.54) is 167 Å². The van der Waals surface area contributed by atoms with Gasteiger partial charge in [0, 0.05) is 25.4 Å². The third kappa shape index (κ3) is 29.4. The van der Waals surface area contributed by atoms with E-state index < -0.39 is 0 Å². The highest BCUT2D eigenvalue weighted by molar-refractivity contribution is 7.97. The van der Waals surface area contributed by atoms with E-state index in [0.717, 1.165) is 18.6 Å². The van der Waals surface area contributed by atoms with Gasteiger partial charge in [-0.05, 0) is 76.8 Å². The average molecular weight is 561 g/mol. The fourth-order valence-electron chi connectivity index (χ4n) is 4.95. The molecule has 0 radical (unpaired) electrons. The first kappa shape index (κ1) is 37.6.